The van der Waals surface area contributed by atoms with E-state index in [1.54, 1.807) is 6.92 Å². The Labute approximate surface area is 184 Å². The molecule has 14 heteroatoms. The van der Waals surface area contributed by atoms with Crippen LogP contribution in [-0.4, -0.2) is 39.3 Å². The second kappa shape index (κ2) is 7.93. The summed E-state index contributed by atoms with van der Waals surface area (Å²) in [5.41, 5.74) is -1.97. The number of halogens is 6. The monoisotopic (exact) mass is 488 g/mol. The van der Waals surface area contributed by atoms with Crippen LogP contribution in [0.1, 0.15) is 18.3 Å². The minimum Gasteiger partial charge on any atom is -0.324 e. The van der Waals surface area contributed by atoms with Crippen LogP contribution in [0, 0.1) is 0 Å². The van der Waals surface area contributed by atoms with Gasteiger partial charge in [-0.25, -0.2) is 19.6 Å². The van der Waals surface area contributed by atoms with Crippen LogP contribution in [0.4, 0.5) is 26.3 Å². The van der Waals surface area contributed by atoms with Crippen molar-refractivity contribution in [1.82, 2.24) is 29.3 Å². The second-order valence-corrected chi connectivity index (χ2v) is 8.55. The number of hydrogen-bond donors (Lipinski definition) is 0. The van der Waals surface area contributed by atoms with Gasteiger partial charge >= 0.3 is 12.4 Å². The van der Waals surface area contributed by atoms with Gasteiger partial charge in [0.25, 0.3) is 0 Å². The molecule has 0 saturated heterocycles. The molecule has 1 unspecified atom stereocenters. The van der Waals surface area contributed by atoms with Crippen molar-refractivity contribution < 1.29 is 30.6 Å². The van der Waals surface area contributed by atoms with Gasteiger partial charge in [0, 0.05) is 19.0 Å². The summed E-state index contributed by atoms with van der Waals surface area (Å²) < 4.78 is 92.9. The normalized spacial score (nSPS) is 13.6. The maximum Gasteiger partial charge on any atom is 0.435 e. The number of nitrogens with zero attached hydrogens (tertiary/aromatic N) is 6. The van der Waals surface area contributed by atoms with Crippen molar-refractivity contribution in [3.05, 3.63) is 48.0 Å². The van der Waals surface area contributed by atoms with Crippen LogP contribution < -0.4 is 0 Å². The van der Waals surface area contributed by atoms with Gasteiger partial charge in [-0.05, 0) is 24.3 Å². The summed E-state index contributed by atoms with van der Waals surface area (Å²) in [5, 5.41) is 3.48. The Bertz CT molecular complexity index is 1370. The van der Waals surface area contributed by atoms with Crippen LogP contribution >= 0.6 is 0 Å². The Kier molecular flexibility index (Phi) is 5.50. The van der Waals surface area contributed by atoms with Crippen molar-refractivity contribution in [3.63, 3.8) is 0 Å². The number of rotatable bonds is 4. The zero-order valence-electron chi connectivity index (χ0n) is 16.9. The van der Waals surface area contributed by atoms with Gasteiger partial charge in [-0.3, -0.25) is 4.21 Å². The minimum atomic E-state index is -4.67. The molecule has 4 rings (SSSR count). The van der Waals surface area contributed by atoms with E-state index in [4.69, 9.17) is 0 Å². The highest BCUT2D eigenvalue weighted by Gasteiger charge is 2.34. The zero-order valence-corrected chi connectivity index (χ0v) is 17.8. The third-order valence-corrected chi connectivity index (χ3v) is 6.08. The molecule has 1 atom stereocenters. The molecule has 174 valence electrons. The topological polar surface area (TPSA) is 78.5 Å². The van der Waals surface area contributed by atoms with E-state index in [1.807, 2.05) is 0 Å². The Morgan fingerprint density at radius 2 is 1.70 bits per heavy atom. The first-order chi connectivity index (χ1) is 15.4. The molecule has 0 saturated carbocycles. The molecule has 4 aromatic rings. The number of hydrogen-bond acceptors (Lipinski definition) is 5. The molecule has 0 aromatic carbocycles. The average Bonchev–Trinajstić information content (AvgIpc) is 3.37. The summed E-state index contributed by atoms with van der Waals surface area (Å²) in [7, 11) is -0.0293. The van der Waals surface area contributed by atoms with Gasteiger partial charge in [0.15, 0.2) is 17.3 Å². The highest BCUT2D eigenvalue weighted by Crippen LogP contribution is 2.33. The lowest BCUT2D eigenvalue weighted by Crippen LogP contribution is -2.09. The van der Waals surface area contributed by atoms with Crippen molar-refractivity contribution in [3.8, 4) is 17.3 Å². The summed E-state index contributed by atoms with van der Waals surface area (Å²) in [6.45, 7) is 1.66. The fourth-order valence-electron chi connectivity index (χ4n) is 3.12. The Morgan fingerprint density at radius 3 is 2.30 bits per heavy atom. The van der Waals surface area contributed by atoms with E-state index in [1.165, 1.54) is 23.7 Å². The first-order valence-electron chi connectivity index (χ1n) is 9.33. The average molecular weight is 488 g/mol. The van der Waals surface area contributed by atoms with Crippen LogP contribution in [0.3, 0.4) is 0 Å². The Balaban J connectivity index is 1.90. The predicted octanol–water partition coefficient (Wildman–Crippen LogP) is 4.38. The van der Waals surface area contributed by atoms with E-state index >= 15 is 0 Å². The standard InChI is InChI=1S/C19H14F6N6OS/c1-3-33(32)12-4-5-15(31-7-6-13(29-31)18(20,21)22)28-16(12)17-27-10-8-14(19(23,24)25)26-9-11(10)30(17)2/h4-9H,3H2,1-2H3. The predicted molar refractivity (Wildman–Crippen MR) is 106 cm³/mol. The quantitative estimate of drug-likeness (QED) is 0.399. The highest BCUT2D eigenvalue weighted by molar-refractivity contribution is 7.85. The van der Waals surface area contributed by atoms with Crippen LogP contribution in [0.5, 0.6) is 0 Å². The van der Waals surface area contributed by atoms with Crippen LogP contribution in [0.15, 0.2) is 41.6 Å². The van der Waals surface area contributed by atoms with E-state index in [9.17, 15) is 30.6 Å². The van der Waals surface area contributed by atoms with E-state index in [-0.39, 0.29) is 39.0 Å². The second-order valence-electron chi connectivity index (χ2n) is 6.84. The van der Waals surface area contributed by atoms with Crippen molar-refractivity contribution in [2.75, 3.05) is 5.75 Å². The van der Waals surface area contributed by atoms with Crippen molar-refractivity contribution >= 4 is 21.8 Å². The fraction of sp³-hybridized carbons (Fsp3) is 0.263. The molecule has 0 fully saturated rings. The molecule has 0 N–H and O–H groups in total. The van der Waals surface area contributed by atoms with Crippen LogP contribution in [-0.2, 0) is 30.2 Å². The summed E-state index contributed by atoms with van der Waals surface area (Å²) in [5.74, 6) is 0.268. The number of aromatic nitrogens is 6. The van der Waals surface area contributed by atoms with Gasteiger partial charge < -0.3 is 4.57 Å². The van der Waals surface area contributed by atoms with Crippen molar-refractivity contribution in [2.24, 2.45) is 7.05 Å². The number of fused-ring (bicyclic) bond motifs is 1. The van der Waals surface area contributed by atoms with Crippen LogP contribution in [0.25, 0.3) is 28.4 Å². The SMILES string of the molecule is CCS(=O)c1ccc(-n2ccc(C(F)(F)F)n2)nc1-c1nc2cc(C(F)(F)F)ncc2n1C. The fourth-order valence-corrected chi connectivity index (χ4v) is 4.00. The van der Waals surface area contributed by atoms with Gasteiger partial charge in [-0.15, -0.1) is 0 Å². The first kappa shape index (κ1) is 22.9. The third kappa shape index (κ3) is 4.21. The highest BCUT2D eigenvalue weighted by atomic mass is 32.2. The molecule has 33 heavy (non-hydrogen) atoms. The molecule has 7 nitrogen and oxygen atoms in total. The first-order valence-corrected chi connectivity index (χ1v) is 10.6. The lowest BCUT2D eigenvalue weighted by atomic mass is 10.3. The summed E-state index contributed by atoms with van der Waals surface area (Å²) in [4.78, 5) is 12.2. The van der Waals surface area contributed by atoms with Gasteiger partial charge in [0.2, 0.25) is 0 Å². The smallest absolute Gasteiger partial charge is 0.324 e. The Hall–Kier alpha value is -3.29. The number of aryl methyl sites for hydroxylation is 1. The number of alkyl halides is 6. The molecule has 4 aromatic heterocycles. The van der Waals surface area contributed by atoms with Crippen molar-refractivity contribution in [2.45, 2.75) is 24.2 Å². The van der Waals surface area contributed by atoms with E-state index in [2.05, 4.69) is 20.1 Å². The maximum atomic E-state index is 13.0. The van der Waals surface area contributed by atoms with E-state index in [0.717, 1.165) is 29.2 Å². The lowest BCUT2D eigenvalue weighted by molar-refractivity contribution is -0.142. The molecule has 0 aliphatic carbocycles. The summed E-state index contributed by atoms with van der Waals surface area (Å²) in [6.07, 6.45) is -7.24. The molecule has 0 amide bonds. The van der Waals surface area contributed by atoms with Gasteiger partial charge in [0.05, 0.1) is 32.9 Å². The molecular formula is C19H14F6N6OS. The number of imidazole rings is 1. The molecule has 0 radical (unpaired) electrons. The molecule has 4 heterocycles. The lowest BCUT2D eigenvalue weighted by Gasteiger charge is -2.10. The third-order valence-electron chi connectivity index (χ3n) is 4.73. The van der Waals surface area contributed by atoms with Gasteiger partial charge in [-0.1, -0.05) is 6.92 Å². The van der Waals surface area contributed by atoms with Crippen molar-refractivity contribution in [1.29, 1.82) is 0 Å². The zero-order chi connectivity index (χ0) is 24.1. The largest absolute Gasteiger partial charge is 0.435 e. The molecule has 0 aliphatic heterocycles. The Morgan fingerprint density at radius 1 is 1.00 bits per heavy atom. The maximum absolute atomic E-state index is 13.0. The van der Waals surface area contributed by atoms with E-state index < -0.39 is 34.5 Å². The summed E-state index contributed by atoms with van der Waals surface area (Å²) in [6, 6.07) is 4.33. The minimum absolute atomic E-state index is 0.0153. The summed E-state index contributed by atoms with van der Waals surface area (Å²) >= 11 is 0. The molecule has 0 spiro atoms. The van der Waals surface area contributed by atoms with E-state index in [0.29, 0.717) is 0 Å². The van der Waals surface area contributed by atoms with Gasteiger partial charge in [0.1, 0.15) is 11.4 Å². The van der Waals surface area contributed by atoms with Crippen LogP contribution in [0.2, 0.25) is 0 Å². The molecule has 0 bridgehead atoms. The van der Waals surface area contributed by atoms with Gasteiger partial charge in [-0.2, -0.15) is 31.4 Å². The number of pyridine rings is 2. The molecular weight excluding hydrogens is 474 g/mol. The molecule has 0 aliphatic rings.